The highest BCUT2D eigenvalue weighted by atomic mass is 15.2. The molecule has 2 unspecified atom stereocenters. The zero-order valence-electron chi connectivity index (χ0n) is 12.3. The summed E-state index contributed by atoms with van der Waals surface area (Å²) in [4.78, 5) is 2.80. The molecule has 3 rings (SSSR count). The van der Waals surface area contributed by atoms with E-state index in [9.17, 15) is 0 Å². The summed E-state index contributed by atoms with van der Waals surface area (Å²) in [5, 5.41) is 3.58. The summed E-state index contributed by atoms with van der Waals surface area (Å²) < 4.78 is 0. The van der Waals surface area contributed by atoms with Gasteiger partial charge in [0.1, 0.15) is 0 Å². The highest BCUT2D eigenvalue weighted by Gasteiger charge is 2.49. The number of nitrogens with one attached hydrogen (secondary N) is 1. The van der Waals surface area contributed by atoms with Crippen molar-refractivity contribution >= 4 is 0 Å². The molecular weight excluding hydrogens is 220 g/mol. The Balaban J connectivity index is 1.53. The molecule has 2 aliphatic heterocycles. The van der Waals surface area contributed by atoms with Crippen molar-refractivity contribution in [2.75, 3.05) is 26.2 Å². The lowest BCUT2D eigenvalue weighted by atomic mass is 9.84. The van der Waals surface area contributed by atoms with Crippen LogP contribution in [0.25, 0.3) is 0 Å². The molecule has 104 valence electrons. The van der Waals surface area contributed by atoms with Gasteiger partial charge >= 0.3 is 0 Å². The molecule has 2 heterocycles. The Morgan fingerprint density at radius 2 is 1.89 bits per heavy atom. The molecule has 2 atom stereocenters. The van der Waals surface area contributed by atoms with Gasteiger partial charge in [-0.15, -0.1) is 0 Å². The molecule has 3 aliphatic rings. The molecule has 0 aromatic carbocycles. The van der Waals surface area contributed by atoms with Crippen LogP contribution >= 0.6 is 0 Å². The molecule has 0 aromatic heterocycles. The van der Waals surface area contributed by atoms with E-state index in [1.165, 1.54) is 64.7 Å². The van der Waals surface area contributed by atoms with Crippen LogP contribution in [0.4, 0.5) is 0 Å². The lowest BCUT2D eigenvalue weighted by Gasteiger charge is -2.36. The van der Waals surface area contributed by atoms with Gasteiger partial charge in [0, 0.05) is 18.6 Å². The Morgan fingerprint density at radius 3 is 2.61 bits per heavy atom. The zero-order valence-corrected chi connectivity index (χ0v) is 12.3. The van der Waals surface area contributed by atoms with E-state index in [4.69, 9.17) is 0 Å². The standard InChI is InChI=1S/C16H30N2/c1-16(2)15-11-17-10-14(15)12-18(16)9-8-13-6-4-3-5-7-13/h13-15,17H,3-12H2,1-2H3. The molecule has 1 N–H and O–H groups in total. The molecule has 0 radical (unpaired) electrons. The number of hydrogen-bond acceptors (Lipinski definition) is 2. The van der Waals surface area contributed by atoms with E-state index in [-0.39, 0.29) is 0 Å². The van der Waals surface area contributed by atoms with Crippen molar-refractivity contribution in [2.24, 2.45) is 17.8 Å². The smallest absolute Gasteiger partial charge is 0.0197 e. The highest BCUT2D eigenvalue weighted by Crippen LogP contribution is 2.41. The molecule has 18 heavy (non-hydrogen) atoms. The van der Waals surface area contributed by atoms with Crippen molar-refractivity contribution < 1.29 is 0 Å². The van der Waals surface area contributed by atoms with Crippen molar-refractivity contribution in [3.63, 3.8) is 0 Å². The number of likely N-dealkylation sites (tertiary alicyclic amines) is 1. The first kappa shape index (κ1) is 12.9. The molecule has 2 heteroatoms. The number of rotatable bonds is 3. The number of hydrogen-bond donors (Lipinski definition) is 1. The van der Waals surface area contributed by atoms with Crippen molar-refractivity contribution in [3.05, 3.63) is 0 Å². The highest BCUT2D eigenvalue weighted by molar-refractivity contribution is 5.04. The third kappa shape index (κ3) is 2.34. The molecule has 0 amide bonds. The second-order valence-electron chi connectivity index (χ2n) is 7.42. The van der Waals surface area contributed by atoms with Crippen LogP contribution in [0.5, 0.6) is 0 Å². The fourth-order valence-electron chi connectivity index (χ4n) is 4.70. The van der Waals surface area contributed by atoms with Crippen LogP contribution in [-0.2, 0) is 0 Å². The zero-order chi connectivity index (χ0) is 12.6. The molecule has 1 aliphatic carbocycles. The maximum atomic E-state index is 3.58. The quantitative estimate of drug-likeness (QED) is 0.828. The van der Waals surface area contributed by atoms with Crippen LogP contribution in [-0.4, -0.2) is 36.6 Å². The summed E-state index contributed by atoms with van der Waals surface area (Å²) in [5.74, 6) is 2.85. The molecule has 0 aromatic rings. The summed E-state index contributed by atoms with van der Waals surface area (Å²) >= 11 is 0. The van der Waals surface area contributed by atoms with Gasteiger partial charge in [0.15, 0.2) is 0 Å². The van der Waals surface area contributed by atoms with E-state index >= 15 is 0 Å². The second kappa shape index (κ2) is 5.13. The Kier molecular flexibility index (Phi) is 3.68. The summed E-state index contributed by atoms with van der Waals surface area (Å²) in [6, 6.07) is 0. The van der Waals surface area contributed by atoms with Crippen molar-refractivity contribution in [2.45, 2.75) is 57.9 Å². The minimum atomic E-state index is 0.433. The minimum absolute atomic E-state index is 0.433. The van der Waals surface area contributed by atoms with Gasteiger partial charge in [-0.1, -0.05) is 32.1 Å². The molecule has 2 nitrogen and oxygen atoms in total. The fraction of sp³-hybridized carbons (Fsp3) is 1.00. The van der Waals surface area contributed by atoms with E-state index in [2.05, 4.69) is 24.1 Å². The SMILES string of the molecule is CC1(C)C2CNCC2CN1CCC1CCCCC1. The van der Waals surface area contributed by atoms with E-state index in [1.54, 1.807) is 0 Å². The first-order valence-corrected chi connectivity index (χ1v) is 8.13. The average molecular weight is 250 g/mol. The van der Waals surface area contributed by atoms with Gasteiger partial charge in [-0.2, -0.15) is 0 Å². The van der Waals surface area contributed by atoms with Gasteiger partial charge in [-0.25, -0.2) is 0 Å². The van der Waals surface area contributed by atoms with Crippen LogP contribution in [0.15, 0.2) is 0 Å². The van der Waals surface area contributed by atoms with Crippen molar-refractivity contribution in [1.29, 1.82) is 0 Å². The van der Waals surface area contributed by atoms with Crippen LogP contribution in [0.3, 0.4) is 0 Å². The van der Waals surface area contributed by atoms with E-state index in [0.29, 0.717) is 5.54 Å². The normalized spacial score (nSPS) is 37.0. The van der Waals surface area contributed by atoms with Gasteiger partial charge in [0.25, 0.3) is 0 Å². The Bertz CT molecular complexity index is 281. The summed E-state index contributed by atoms with van der Waals surface area (Å²) in [5.41, 5.74) is 0.433. The Morgan fingerprint density at radius 1 is 1.11 bits per heavy atom. The molecule has 0 spiro atoms. The first-order chi connectivity index (χ1) is 8.68. The largest absolute Gasteiger partial charge is 0.316 e. The topological polar surface area (TPSA) is 15.3 Å². The monoisotopic (exact) mass is 250 g/mol. The summed E-state index contributed by atoms with van der Waals surface area (Å²) in [6.07, 6.45) is 8.93. The van der Waals surface area contributed by atoms with Crippen molar-refractivity contribution in [3.8, 4) is 0 Å². The summed E-state index contributed by atoms with van der Waals surface area (Å²) in [7, 11) is 0. The Labute approximate surface area is 113 Å². The van der Waals surface area contributed by atoms with Gasteiger partial charge in [-0.3, -0.25) is 4.90 Å². The third-order valence-electron chi connectivity index (χ3n) is 6.05. The van der Waals surface area contributed by atoms with Gasteiger partial charge in [0.05, 0.1) is 0 Å². The van der Waals surface area contributed by atoms with Crippen LogP contribution in [0.1, 0.15) is 52.4 Å². The van der Waals surface area contributed by atoms with Crippen LogP contribution < -0.4 is 5.32 Å². The maximum absolute atomic E-state index is 3.58. The van der Waals surface area contributed by atoms with E-state index < -0.39 is 0 Å². The maximum Gasteiger partial charge on any atom is 0.0197 e. The fourth-order valence-corrected chi connectivity index (χ4v) is 4.70. The molecule has 0 bridgehead atoms. The second-order valence-corrected chi connectivity index (χ2v) is 7.42. The average Bonchev–Trinajstić information content (AvgIpc) is 2.91. The van der Waals surface area contributed by atoms with Gasteiger partial charge < -0.3 is 5.32 Å². The van der Waals surface area contributed by atoms with E-state index in [0.717, 1.165) is 17.8 Å². The summed E-state index contributed by atoms with van der Waals surface area (Å²) in [6.45, 7) is 10.2. The number of fused-ring (bicyclic) bond motifs is 1. The molecule has 1 saturated carbocycles. The predicted molar refractivity (Wildman–Crippen MR) is 76.7 cm³/mol. The first-order valence-electron chi connectivity index (χ1n) is 8.13. The molecule has 3 fully saturated rings. The molecular formula is C16H30N2. The van der Waals surface area contributed by atoms with Gasteiger partial charge in [-0.05, 0) is 51.1 Å². The Hall–Kier alpha value is -0.0800. The lowest BCUT2D eigenvalue weighted by molar-refractivity contribution is 0.126. The van der Waals surface area contributed by atoms with Crippen LogP contribution in [0.2, 0.25) is 0 Å². The lowest BCUT2D eigenvalue weighted by Crippen LogP contribution is -2.45. The third-order valence-corrected chi connectivity index (χ3v) is 6.05. The van der Waals surface area contributed by atoms with Crippen LogP contribution in [0, 0.1) is 17.8 Å². The van der Waals surface area contributed by atoms with Crippen molar-refractivity contribution in [1.82, 2.24) is 10.2 Å². The number of nitrogens with zero attached hydrogens (tertiary/aromatic N) is 1. The van der Waals surface area contributed by atoms with E-state index in [1.807, 2.05) is 0 Å². The molecule has 2 saturated heterocycles. The van der Waals surface area contributed by atoms with Gasteiger partial charge in [0.2, 0.25) is 0 Å². The minimum Gasteiger partial charge on any atom is -0.316 e. The predicted octanol–water partition coefficient (Wildman–Crippen LogP) is 2.89.